The van der Waals surface area contributed by atoms with E-state index >= 15 is 0 Å². The van der Waals surface area contributed by atoms with Crippen LogP contribution in [0.25, 0.3) is 0 Å². The van der Waals surface area contributed by atoms with E-state index < -0.39 is 10.0 Å². The van der Waals surface area contributed by atoms with Crippen molar-refractivity contribution in [3.63, 3.8) is 0 Å². The summed E-state index contributed by atoms with van der Waals surface area (Å²) in [7, 11) is -1.65. The number of nitrogens with zero attached hydrogens (tertiary/aromatic N) is 1. The molecule has 0 spiro atoms. The van der Waals surface area contributed by atoms with Crippen LogP contribution in [-0.4, -0.2) is 39.4 Å². The number of hydrogen-bond donors (Lipinski definition) is 1. The molecule has 2 rings (SSSR count). The van der Waals surface area contributed by atoms with Gasteiger partial charge in [0.2, 0.25) is 10.0 Å². The van der Waals surface area contributed by atoms with Crippen LogP contribution in [0.5, 0.6) is 0 Å². The summed E-state index contributed by atoms with van der Waals surface area (Å²) in [4.78, 5) is 0.128. The Morgan fingerprint density at radius 1 is 1.42 bits per heavy atom. The predicted octanol–water partition coefficient (Wildman–Crippen LogP) is 2.22. The number of rotatable bonds is 4. The quantitative estimate of drug-likeness (QED) is 0.924. The Morgan fingerprint density at radius 3 is 2.79 bits per heavy atom. The molecule has 1 N–H and O–H groups in total. The van der Waals surface area contributed by atoms with Crippen molar-refractivity contribution in [3.8, 4) is 0 Å². The molecule has 1 aliphatic heterocycles. The summed E-state index contributed by atoms with van der Waals surface area (Å²) in [6.45, 7) is 1.89. The fourth-order valence-electron chi connectivity index (χ4n) is 2.29. The summed E-state index contributed by atoms with van der Waals surface area (Å²) >= 11 is 11.8. The van der Waals surface area contributed by atoms with Crippen LogP contribution in [0.1, 0.15) is 6.42 Å². The van der Waals surface area contributed by atoms with E-state index in [9.17, 15) is 8.42 Å². The lowest BCUT2D eigenvalue weighted by Gasteiger charge is -2.17. The molecule has 1 saturated heterocycles. The smallest absolute Gasteiger partial charge is 0.244 e. The minimum Gasteiger partial charge on any atom is -0.319 e. The van der Waals surface area contributed by atoms with E-state index in [2.05, 4.69) is 5.32 Å². The van der Waals surface area contributed by atoms with E-state index in [1.54, 1.807) is 6.07 Å². The maximum absolute atomic E-state index is 12.5. The van der Waals surface area contributed by atoms with E-state index in [-0.39, 0.29) is 9.92 Å². The molecule has 19 heavy (non-hydrogen) atoms. The molecule has 1 aliphatic rings. The van der Waals surface area contributed by atoms with E-state index in [0.29, 0.717) is 24.0 Å². The van der Waals surface area contributed by atoms with Gasteiger partial charge in [-0.25, -0.2) is 8.42 Å². The van der Waals surface area contributed by atoms with Gasteiger partial charge in [-0.3, -0.25) is 0 Å². The second kappa shape index (κ2) is 5.97. The average Bonchev–Trinajstić information content (AvgIpc) is 2.78. The zero-order valence-corrected chi connectivity index (χ0v) is 12.9. The highest BCUT2D eigenvalue weighted by Gasteiger charge is 2.33. The maximum Gasteiger partial charge on any atom is 0.244 e. The molecule has 1 aromatic carbocycles. The van der Waals surface area contributed by atoms with E-state index in [4.69, 9.17) is 23.2 Å². The van der Waals surface area contributed by atoms with Gasteiger partial charge in [0.05, 0.1) is 5.02 Å². The monoisotopic (exact) mass is 322 g/mol. The second-order valence-electron chi connectivity index (χ2n) is 4.65. The first-order valence-corrected chi connectivity index (χ1v) is 8.24. The molecule has 0 amide bonds. The van der Waals surface area contributed by atoms with Crippen LogP contribution in [0.4, 0.5) is 0 Å². The highest BCUT2D eigenvalue weighted by molar-refractivity contribution is 7.89. The molecule has 0 bridgehead atoms. The normalized spacial score (nSPS) is 20.9. The van der Waals surface area contributed by atoms with Gasteiger partial charge in [0, 0.05) is 18.1 Å². The minimum absolute atomic E-state index is 0.128. The number of hydrogen-bond acceptors (Lipinski definition) is 3. The van der Waals surface area contributed by atoms with Crippen LogP contribution in [0.2, 0.25) is 10.0 Å². The van der Waals surface area contributed by atoms with Crippen molar-refractivity contribution < 1.29 is 8.42 Å². The Morgan fingerprint density at radius 2 is 2.16 bits per heavy atom. The first-order chi connectivity index (χ1) is 8.95. The number of sulfonamides is 1. The molecule has 0 aromatic heterocycles. The van der Waals surface area contributed by atoms with Crippen molar-refractivity contribution >= 4 is 33.2 Å². The molecule has 0 radical (unpaired) electrons. The van der Waals surface area contributed by atoms with Crippen LogP contribution < -0.4 is 5.32 Å². The Labute approximate surface area is 123 Å². The molecular formula is C12H16Cl2N2O2S. The van der Waals surface area contributed by atoms with Crippen molar-refractivity contribution in [2.24, 2.45) is 5.92 Å². The molecule has 1 atom stereocenters. The van der Waals surface area contributed by atoms with Crippen LogP contribution in [0.3, 0.4) is 0 Å². The zero-order chi connectivity index (χ0) is 14.0. The van der Waals surface area contributed by atoms with Crippen molar-refractivity contribution in [2.45, 2.75) is 11.3 Å². The molecule has 1 aromatic rings. The van der Waals surface area contributed by atoms with Gasteiger partial charge in [-0.2, -0.15) is 4.31 Å². The number of benzene rings is 1. The standard InChI is InChI=1S/C12H16Cl2N2O2S/c1-15-7-9-4-5-16(8-9)19(17,18)12-3-2-10(13)6-11(12)14/h2-3,6,9,15H,4-5,7-8H2,1H3. The summed E-state index contributed by atoms with van der Waals surface area (Å²) in [6.07, 6.45) is 0.866. The summed E-state index contributed by atoms with van der Waals surface area (Å²) in [5.41, 5.74) is 0. The van der Waals surface area contributed by atoms with Gasteiger partial charge in [-0.05, 0) is 44.1 Å². The van der Waals surface area contributed by atoms with Crippen LogP contribution in [0.15, 0.2) is 23.1 Å². The van der Waals surface area contributed by atoms with Gasteiger partial charge in [-0.1, -0.05) is 23.2 Å². The molecule has 1 fully saturated rings. The van der Waals surface area contributed by atoms with E-state index in [1.165, 1.54) is 16.4 Å². The van der Waals surface area contributed by atoms with Crippen LogP contribution in [-0.2, 0) is 10.0 Å². The molecule has 7 heteroatoms. The molecule has 0 saturated carbocycles. The first kappa shape index (κ1) is 15.1. The fraction of sp³-hybridized carbons (Fsp3) is 0.500. The summed E-state index contributed by atoms with van der Waals surface area (Å²) < 4.78 is 26.5. The molecular weight excluding hydrogens is 307 g/mol. The fourth-order valence-corrected chi connectivity index (χ4v) is 4.57. The summed E-state index contributed by atoms with van der Waals surface area (Å²) in [6, 6.07) is 4.46. The van der Waals surface area contributed by atoms with Crippen LogP contribution in [0, 0.1) is 5.92 Å². The van der Waals surface area contributed by atoms with Gasteiger partial charge in [0.1, 0.15) is 4.90 Å². The SMILES string of the molecule is CNCC1CCN(S(=O)(=O)c2ccc(Cl)cc2Cl)C1. The van der Waals surface area contributed by atoms with Crippen LogP contribution >= 0.6 is 23.2 Å². The van der Waals surface area contributed by atoms with Crippen molar-refractivity contribution in [2.75, 3.05) is 26.7 Å². The highest BCUT2D eigenvalue weighted by atomic mass is 35.5. The summed E-state index contributed by atoms with van der Waals surface area (Å²) in [5, 5.41) is 3.68. The topological polar surface area (TPSA) is 49.4 Å². The third-order valence-electron chi connectivity index (χ3n) is 3.25. The molecule has 4 nitrogen and oxygen atoms in total. The third kappa shape index (κ3) is 3.23. The second-order valence-corrected chi connectivity index (χ2v) is 7.40. The summed E-state index contributed by atoms with van der Waals surface area (Å²) in [5.74, 6) is 0.353. The molecule has 1 unspecified atom stereocenters. The van der Waals surface area contributed by atoms with E-state index in [0.717, 1.165) is 13.0 Å². The number of halogens is 2. The average molecular weight is 323 g/mol. The Hall–Kier alpha value is -0.330. The molecule has 0 aliphatic carbocycles. The lowest BCUT2D eigenvalue weighted by molar-refractivity contribution is 0.451. The maximum atomic E-state index is 12.5. The van der Waals surface area contributed by atoms with Gasteiger partial charge in [-0.15, -0.1) is 0 Å². The Kier molecular flexibility index (Phi) is 4.74. The van der Waals surface area contributed by atoms with Gasteiger partial charge in [0.25, 0.3) is 0 Å². The molecule has 106 valence electrons. The first-order valence-electron chi connectivity index (χ1n) is 6.05. The zero-order valence-electron chi connectivity index (χ0n) is 10.6. The Balaban J connectivity index is 2.23. The lowest BCUT2D eigenvalue weighted by atomic mass is 10.1. The van der Waals surface area contributed by atoms with Crippen molar-refractivity contribution in [1.29, 1.82) is 0 Å². The van der Waals surface area contributed by atoms with Crippen molar-refractivity contribution in [1.82, 2.24) is 9.62 Å². The minimum atomic E-state index is -3.52. The lowest BCUT2D eigenvalue weighted by Crippen LogP contribution is -2.30. The Bertz CT molecular complexity index is 563. The largest absolute Gasteiger partial charge is 0.319 e. The third-order valence-corrected chi connectivity index (χ3v) is 5.84. The highest BCUT2D eigenvalue weighted by Crippen LogP contribution is 2.30. The predicted molar refractivity (Wildman–Crippen MR) is 77.3 cm³/mol. The van der Waals surface area contributed by atoms with E-state index in [1.807, 2.05) is 7.05 Å². The van der Waals surface area contributed by atoms with Gasteiger partial charge < -0.3 is 5.32 Å². The van der Waals surface area contributed by atoms with Gasteiger partial charge in [0.15, 0.2) is 0 Å². The molecule has 1 heterocycles. The number of nitrogens with one attached hydrogen (secondary N) is 1. The van der Waals surface area contributed by atoms with Crippen molar-refractivity contribution in [3.05, 3.63) is 28.2 Å². The van der Waals surface area contributed by atoms with Gasteiger partial charge >= 0.3 is 0 Å².